The van der Waals surface area contributed by atoms with Crippen molar-refractivity contribution in [2.75, 3.05) is 11.9 Å². The molecule has 0 aliphatic carbocycles. The second kappa shape index (κ2) is 7.07. The molecule has 1 heterocycles. The van der Waals surface area contributed by atoms with Crippen LogP contribution in [0.3, 0.4) is 0 Å². The molecule has 1 N–H and O–H groups in total. The van der Waals surface area contributed by atoms with Gasteiger partial charge in [0.1, 0.15) is 5.82 Å². The summed E-state index contributed by atoms with van der Waals surface area (Å²) in [5.41, 5.74) is 3.76. The first-order valence-corrected chi connectivity index (χ1v) is 8.34. The molecule has 1 aromatic heterocycles. The van der Waals surface area contributed by atoms with E-state index in [0.29, 0.717) is 0 Å². The number of rotatable bonds is 6. The summed E-state index contributed by atoms with van der Waals surface area (Å²) in [7, 11) is 0. The minimum atomic E-state index is 0.979. The van der Waals surface area contributed by atoms with Crippen LogP contribution in [0.4, 0.5) is 5.82 Å². The van der Waals surface area contributed by atoms with E-state index in [4.69, 9.17) is 4.98 Å². The second-order valence-electron chi connectivity index (χ2n) is 5.16. The Morgan fingerprint density at radius 2 is 1.85 bits per heavy atom. The van der Waals surface area contributed by atoms with Crippen LogP contribution in [0.15, 0.2) is 22.7 Å². The Balaban J connectivity index is 2.58. The summed E-state index contributed by atoms with van der Waals surface area (Å²) in [6, 6.07) is 6.65. The monoisotopic (exact) mass is 334 g/mol. The topological polar surface area (TPSA) is 24.9 Å². The highest BCUT2D eigenvalue weighted by Crippen LogP contribution is 2.28. The molecule has 0 atom stereocenters. The SMILES string of the molecule is CCCNc1nc2c(CC)cc(Br)cc2cc1CCC. The van der Waals surface area contributed by atoms with Gasteiger partial charge in [-0.05, 0) is 48.6 Å². The zero-order chi connectivity index (χ0) is 14.5. The van der Waals surface area contributed by atoms with E-state index in [0.717, 1.165) is 48.0 Å². The van der Waals surface area contributed by atoms with E-state index in [1.807, 2.05) is 0 Å². The number of fused-ring (bicyclic) bond motifs is 1. The maximum Gasteiger partial charge on any atom is 0.129 e. The molecule has 0 aliphatic heterocycles. The third-order valence-electron chi connectivity index (χ3n) is 3.48. The van der Waals surface area contributed by atoms with Gasteiger partial charge >= 0.3 is 0 Å². The van der Waals surface area contributed by atoms with Gasteiger partial charge in [-0.25, -0.2) is 4.98 Å². The van der Waals surface area contributed by atoms with Gasteiger partial charge in [0.15, 0.2) is 0 Å². The van der Waals surface area contributed by atoms with Gasteiger partial charge in [-0.1, -0.05) is 43.1 Å². The van der Waals surface area contributed by atoms with Crippen molar-refractivity contribution in [3.63, 3.8) is 0 Å². The van der Waals surface area contributed by atoms with Crippen LogP contribution in [0.2, 0.25) is 0 Å². The quantitative estimate of drug-likeness (QED) is 0.771. The van der Waals surface area contributed by atoms with Crippen molar-refractivity contribution >= 4 is 32.7 Å². The van der Waals surface area contributed by atoms with Gasteiger partial charge in [0, 0.05) is 16.4 Å². The van der Waals surface area contributed by atoms with Gasteiger partial charge in [0.2, 0.25) is 0 Å². The Morgan fingerprint density at radius 1 is 1.05 bits per heavy atom. The number of aryl methyl sites for hydroxylation is 2. The Morgan fingerprint density at radius 3 is 2.50 bits per heavy atom. The number of halogens is 1. The van der Waals surface area contributed by atoms with E-state index in [1.165, 1.54) is 16.5 Å². The lowest BCUT2D eigenvalue weighted by atomic mass is 10.0. The minimum Gasteiger partial charge on any atom is -0.370 e. The van der Waals surface area contributed by atoms with Crippen LogP contribution >= 0.6 is 15.9 Å². The lowest BCUT2D eigenvalue weighted by Crippen LogP contribution is -2.06. The molecule has 2 nitrogen and oxygen atoms in total. The Kier molecular flexibility index (Phi) is 5.41. The molecule has 2 rings (SSSR count). The highest BCUT2D eigenvalue weighted by molar-refractivity contribution is 9.10. The highest BCUT2D eigenvalue weighted by Gasteiger charge is 2.09. The molecule has 0 unspecified atom stereocenters. The number of nitrogens with zero attached hydrogens (tertiary/aromatic N) is 1. The van der Waals surface area contributed by atoms with Crippen LogP contribution in [0.25, 0.3) is 10.9 Å². The van der Waals surface area contributed by atoms with Crippen molar-refractivity contribution in [1.29, 1.82) is 0 Å². The summed E-state index contributed by atoms with van der Waals surface area (Å²) in [5, 5.41) is 4.72. The molecule has 2 aromatic rings. The predicted octanol–water partition coefficient (Wildman–Crippen LogP) is 5.33. The summed E-state index contributed by atoms with van der Waals surface area (Å²) in [5.74, 6) is 1.07. The summed E-state index contributed by atoms with van der Waals surface area (Å²) in [4.78, 5) is 4.91. The summed E-state index contributed by atoms with van der Waals surface area (Å²) >= 11 is 3.60. The molecular weight excluding hydrogens is 312 g/mol. The predicted molar refractivity (Wildman–Crippen MR) is 91.6 cm³/mol. The maximum absolute atomic E-state index is 4.91. The van der Waals surface area contributed by atoms with Crippen molar-refractivity contribution in [3.05, 3.63) is 33.8 Å². The van der Waals surface area contributed by atoms with E-state index in [-0.39, 0.29) is 0 Å². The Bertz CT molecular complexity index is 593. The largest absolute Gasteiger partial charge is 0.370 e. The fourth-order valence-electron chi connectivity index (χ4n) is 2.49. The Labute approximate surface area is 130 Å². The molecule has 0 amide bonds. The van der Waals surface area contributed by atoms with Crippen molar-refractivity contribution in [3.8, 4) is 0 Å². The Hall–Kier alpha value is -1.09. The average molecular weight is 335 g/mol. The molecule has 0 radical (unpaired) electrons. The normalized spacial score (nSPS) is 11.0. The number of hydrogen-bond donors (Lipinski definition) is 1. The fourth-order valence-corrected chi connectivity index (χ4v) is 3.01. The zero-order valence-electron chi connectivity index (χ0n) is 12.6. The lowest BCUT2D eigenvalue weighted by Gasteiger charge is -2.14. The smallest absolute Gasteiger partial charge is 0.129 e. The lowest BCUT2D eigenvalue weighted by molar-refractivity contribution is 0.905. The number of anilines is 1. The number of benzene rings is 1. The highest BCUT2D eigenvalue weighted by atomic mass is 79.9. The molecule has 108 valence electrons. The molecular formula is C17H23BrN2. The van der Waals surface area contributed by atoms with Crippen LogP contribution in [0, 0.1) is 0 Å². The molecule has 0 saturated heterocycles. The maximum atomic E-state index is 4.91. The minimum absolute atomic E-state index is 0.979. The number of aromatic nitrogens is 1. The van der Waals surface area contributed by atoms with Gasteiger partial charge in [-0.3, -0.25) is 0 Å². The molecule has 20 heavy (non-hydrogen) atoms. The van der Waals surface area contributed by atoms with Gasteiger partial charge in [0.25, 0.3) is 0 Å². The molecule has 0 spiro atoms. The fraction of sp³-hybridized carbons (Fsp3) is 0.471. The van der Waals surface area contributed by atoms with Crippen molar-refractivity contribution < 1.29 is 0 Å². The van der Waals surface area contributed by atoms with E-state index in [1.54, 1.807) is 0 Å². The van der Waals surface area contributed by atoms with Crippen LogP contribution in [-0.2, 0) is 12.8 Å². The van der Waals surface area contributed by atoms with Crippen molar-refractivity contribution in [1.82, 2.24) is 4.98 Å². The average Bonchev–Trinajstić information content (AvgIpc) is 2.44. The van der Waals surface area contributed by atoms with Crippen LogP contribution in [-0.4, -0.2) is 11.5 Å². The molecule has 3 heteroatoms. The van der Waals surface area contributed by atoms with Gasteiger partial charge < -0.3 is 5.32 Å². The molecule has 0 saturated carbocycles. The molecule has 0 fully saturated rings. The first kappa shape index (κ1) is 15.3. The second-order valence-corrected chi connectivity index (χ2v) is 6.08. The van der Waals surface area contributed by atoms with E-state index >= 15 is 0 Å². The van der Waals surface area contributed by atoms with Crippen LogP contribution < -0.4 is 5.32 Å². The summed E-state index contributed by atoms with van der Waals surface area (Å²) in [6.07, 6.45) is 4.33. The van der Waals surface area contributed by atoms with E-state index in [2.05, 4.69) is 60.2 Å². The standard InChI is InChI=1S/C17H23BrN2/c1-4-7-13-9-14-11-15(18)10-12(6-3)16(14)20-17(13)19-8-5-2/h9-11H,4-8H2,1-3H3,(H,19,20). The van der Waals surface area contributed by atoms with Crippen molar-refractivity contribution in [2.45, 2.75) is 46.5 Å². The van der Waals surface area contributed by atoms with E-state index in [9.17, 15) is 0 Å². The molecule has 1 aromatic carbocycles. The first-order chi connectivity index (χ1) is 9.69. The third kappa shape index (κ3) is 3.32. The summed E-state index contributed by atoms with van der Waals surface area (Å²) in [6.45, 7) is 7.56. The first-order valence-electron chi connectivity index (χ1n) is 7.55. The van der Waals surface area contributed by atoms with Gasteiger partial charge in [-0.2, -0.15) is 0 Å². The summed E-state index contributed by atoms with van der Waals surface area (Å²) < 4.78 is 1.14. The van der Waals surface area contributed by atoms with Gasteiger partial charge in [0.05, 0.1) is 5.52 Å². The third-order valence-corrected chi connectivity index (χ3v) is 3.94. The number of pyridine rings is 1. The van der Waals surface area contributed by atoms with Gasteiger partial charge in [-0.15, -0.1) is 0 Å². The number of hydrogen-bond acceptors (Lipinski definition) is 2. The van der Waals surface area contributed by atoms with Crippen LogP contribution in [0.5, 0.6) is 0 Å². The van der Waals surface area contributed by atoms with E-state index < -0.39 is 0 Å². The molecule has 0 bridgehead atoms. The van der Waals surface area contributed by atoms with Crippen LogP contribution in [0.1, 0.15) is 44.7 Å². The zero-order valence-corrected chi connectivity index (χ0v) is 14.2. The number of nitrogens with one attached hydrogen (secondary N) is 1. The molecule has 0 aliphatic rings. The van der Waals surface area contributed by atoms with Crippen molar-refractivity contribution in [2.24, 2.45) is 0 Å².